The molecular formula is C16H14BrN3S2. The third kappa shape index (κ3) is 3.74. The van der Waals surface area contributed by atoms with Gasteiger partial charge >= 0.3 is 0 Å². The zero-order valence-corrected chi connectivity index (χ0v) is 15.4. The fourth-order valence-electron chi connectivity index (χ4n) is 2.02. The van der Waals surface area contributed by atoms with Gasteiger partial charge in [-0.2, -0.15) is 0 Å². The highest BCUT2D eigenvalue weighted by atomic mass is 79.9. The number of rotatable bonds is 4. The number of halogens is 1. The molecule has 0 amide bonds. The van der Waals surface area contributed by atoms with Gasteiger partial charge in [0.05, 0.1) is 15.6 Å². The minimum atomic E-state index is 0.889. The third-order valence-corrected chi connectivity index (χ3v) is 5.69. The summed E-state index contributed by atoms with van der Waals surface area (Å²) in [6, 6.07) is 12.4. The third-order valence-electron chi connectivity index (χ3n) is 3.08. The lowest BCUT2D eigenvalue weighted by atomic mass is 10.2. The molecule has 3 aromatic rings. The van der Waals surface area contributed by atoms with Crippen LogP contribution in [-0.2, 0) is 5.75 Å². The van der Waals surface area contributed by atoms with E-state index in [0.29, 0.717) is 0 Å². The Hall–Kier alpha value is -1.24. The molecule has 1 aromatic carbocycles. The topological polar surface area (TPSA) is 38.7 Å². The molecule has 0 radical (unpaired) electrons. The Kier molecular flexibility index (Phi) is 4.90. The van der Waals surface area contributed by atoms with E-state index in [0.717, 1.165) is 36.5 Å². The van der Waals surface area contributed by atoms with Crippen molar-refractivity contribution in [3.63, 3.8) is 0 Å². The van der Waals surface area contributed by atoms with E-state index in [2.05, 4.69) is 55.4 Å². The highest BCUT2D eigenvalue weighted by Gasteiger charge is 2.09. The summed E-state index contributed by atoms with van der Waals surface area (Å²) in [5.41, 5.74) is 3.19. The van der Waals surface area contributed by atoms with Crippen molar-refractivity contribution < 1.29 is 0 Å². The molecule has 0 aliphatic rings. The number of hydrogen-bond donors (Lipinski definition) is 0. The molecular weight excluding hydrogens is 378 g/mol. The van der Waals surface area contributed by atoms with Crippen LogP contribution in [0.5, 0.6) is 0 Å². The predicted molar refractivity (Wildman–Crippen MR) is 96.3 cm³/mol. The summed E-state index contributed by atoms with van der Waals surface area (Å²) in [6.45, 7) is 4.02. The predicted octanol–water partition coefficient (Wildman–Crippen LogP) is 5.27. The Morgan fingerprint density at radius 3 is 2.41 bits per heavy atom. The van der Waals surface area contributed by atoms with Gasteiger partial charge in [-0.3, -0.25) is 0 Å². The van der Waals surface area contributed by atoms with Crippen molar-refractivity contribution >= 4 is 39.0 Å². The first-order chi connectivity index (χ1) is 10.6. The largest absolute Gasteiger partial charge is 0.246 e. The second-order valence-electron chi connectivity index (χ2n) is 4.82. The van der Waals surface area contributed by atoms with Crippen molar-refractivity contribution in [3.8, 4) is 10.6 Å². The number of aryl methyl sites for hydroxylation is 2. The van der Waals surface area contributed by atoms with Gasteiger partial charge in [-0.15, -0.1) is 21.5 Å². The number of hydrogen-bond acceptors (Lipinski definition) is 5. The number of thioether (sulfide) groups is 1. The van der Waals surface area contributed by atoms with E-state index in [-0.39, 0.29) is 0 Å². The number of thiazole rings is 1. The minimum Gasteiger partial charge on any atom is -0.246 e. The maximum absolute atomic E-state index is 4.43. The van der Waals surface area contributed by atoms with Crippen LogP contribution in [-0.4, -0.2) is 15.2 Å². The molecule has 0 saturated carbocycles. The lowest BCUT2D eigenvalue weighted by Gasteiger charge is -2.02. The van der Waals surface area contributed by atoms with Gasteiger partial charge in [-0.05, 0) is 43.7 Å². The van der Waals surface area contributed by atoms with Crippen LogP contribution in [0.15, 0.2) is 45.9 Å². The molecule has 0 spiro atoms. The summed E-state index contributed by atoms with van der Waals surface area (Å²) in [5.74, 6) is 0.889. The second kappa shape index (κ2) is 6.89. The SMILES string of the molecule is Cc1nc(C)c(-c2ccc(SCc3ccc(Br)cc3)nn2)s1. The Bertz CT molecular complexity index is 767. The first-order valence-corrected chi connectivity index (χ1v) is 9.37. The molecule has 0 N–H and O–H groups in total. The van der Waals surface area contributed by atoms with Gasteiger partial charge in [0, 0.05) is 10.2 Å². The van der Waals surface area contributed by atoms with E-state index >= 15 is 0 Å². The number of benzene rings is 1. The average molecular weight is 392 g/mol. The minimum absolute atomic E-state index is 0.889. The van der Waals surface area contributed by atoms with Crippen LogP contribution in [0.3, 0.4) is 0 Å². The summed E-state index contributed by atoms with van der Waals surface area (Å²) in [7, 11) is 0. The Morgan fingerprint density at radius 2 is 1.82 bits per heavy atom. The molecule has 112 valence electrons. The first kappa shape index (κ1) is 15.6. The van der Waals surface area contributed by atoms with Crippen LogP contribution in [0.1, 0.15) is 16.3 Å². The zero-order valence-electron chi connectivity index (χ0n) is 12.2. The summed E-state index contributed by atoms with van der Waals surface area (Å²) >= 11 is 6.80. The first-order valence-electron chi connectivity index (χ1n) is 6.77. The van der Waals surface area contributed by atoms with Crippen LogP contribution < -0.4 is 0 Å². The van der Waals surface area contributed by atoms with Crippen LogP contribution in [0.25, 0.3) is 10.6 Å². The van der Waals surface area contributed by atoms with Crippen LogP contribution in [0.2, 0.25) is 0 Å². The van der Waals surface area contributed by atoms with Gasteiger partial charge in [0.1, 0.15) is 10.7 Å². The molecule has 0 bridgehead atoms. The smallest absolute Gasteiger partial charge is 0.119 e. The highest BCUT2D eigenvalue weighted by Crippen LogP contribution is 2.29. The second-order valence-corrected chi connectivity index (χ2v) is 7.93. The van der Waals surface area contributed by atoms with E-state index in [1.807, 2.05) is 26.0 Å². The normalized spacial score (nSPS) is 10.9. The fourth-order valence-corrected chi connectivity index (χ4v) is 3.94. The molecule has 3 rings (SSSR count). The van der Waals surface area contributed by atoms with Crippen molar-refractivity contribution in [1.82, 2.24) is 15.2 Å². The summed E-state index contributed by atoms with van der Waals surface area (Å²) in [6.07, 6.45) is 0. The molecule has 0 fully saturated rings. The van der Waals surface area contributed by atoms with Crippen molar-refractivity contribution in [2.24, 2.45) is 0 Å². The molecule has 0 unspecified atom stereocenters. The lowest BCUT2D eigenvalue weighted by Crippen LogP contribution is -1.90. The van der Waals surface area contributed by atoms with Crippen LogP contribution >= 0.6 is 39.0 Å². The molecule has 0 aliphatic carbocycles. The molecule has 2 heterocycles. The number of aromatic nitrogens is 3. The van der Waals surface area contributed by atoms with Crippen molar-refractivity contribution in [1.29, 1.82) is 0 Å². The molecule has 3 nitrogen and oxygen atoms in total. The summed E-state index contributed by atoms with van der Waals surface area (Å²) in [4.78, 5) is 5.54. The number of nitrogens with zero attached hydrogens (tertiary/aromatic N) is 3. The van der Waals surface area contributed by atoms with Gasteiger partial charge in [0.15, 0.2) is 0 Å². The quantitative estimate of drug-likeness (QED) is 0.567. The van der Waals surface area contributed by atoms with Gasteiger partial charge in [0.25, 0.3) is 0 Å². The summed E-state index contributed by atoms with van der Waals surface area (Å²) in [5, 5.41) is 10.7. The molecule has 0 saturated heterocycles. The van der Waals surface area contributed by atoms with Gasteiger partial charge < -0.3 is 0 Å². The maximum atomic E-state index is 4.43. The summed E-state index contributed by atoms with van der Waals surface area (Å²) < 4.78 is 1.10. The van der Waals surface area contributed by atoms with E-state index < -0.39 is 0 Å². The van der Waals surface area contributed by atoms with E-state index in [9.17, 15) is 0 Å². The standard InChI is InChI=1S/C16H14BrN3S2/c1-10-16(22-11(2)18-10)14-7-8-15(20-19-14)21-9-12-3-5-13(17)6-4-12/h3-8H,9H2,1-2H3. The average Bonchev–Trinajstić information content (AvgIpc) is 2.86. The van der Waals surface area contributed by atoms with Gasteiger partial charge in [-0.1, -0.05) is 39.8 Å². The Labute approximate surface area is 146 Å². The monoisotopic (exact) mass is 391 g/mol. The lowest BCUT2D eigenvalue weighted by molar-refractivity contribution is 0.935. The molecule has 0 aliphatic heterocycles. The van der Waals surface area contributed by atoms with E-state index in [1.165, 1.54) is 5.56 Å². The van der Waals surface area contributed by atoms with Crippen LogP contribution in [0, 0.1) is 13.8 Å². The van der Waals surface area contributed by atoms with Crippen LogP contribution in [0.4, 0.5) is 0 Å². The van der Waals surface area contributed by atoms with Gasteiger partial charge in [0.2, 0.25) is 0 Å². The van der Waals surface area contributed by atoms with Crippen molar-refractivity contribution in [2.75, 3.05) is 0 Å². The zero-order chi connectivity index (χ0) is 15.5. The highest BCUT2D eigenvalue weighted by molar-refractivity contribution is 9.10. The fraction of sp³-hybridized carbons (Fsp3) is 0.188. The van der Waals surface area contributed by atoms with Crippen molar-refractivity contribution in [3.05, 3.63) is 57.1 Å². The van der Waals surface area contributed by atoms with E-state index in [1.54, 1.807) is 23.1 Å². The van der Waals surface area contributed by atoms with E-state index in [4.69, 9.17) is 0 Å². The molecule has 6 heteroatoms. The molecule has 0 atom stereocenters. The van der Waals surface area contributed by atoms with Crippen molar-refractivity contribution in [2.45, 2.75) is 24.6 Å². The Balaban J connectivity index is 1.69. The molecule has 2 aromatic heterocycles. The Morgan fingerprint density at radius 1 is 1.05 bits per heavy atom. The molecule has 22 heavy (non-hydrogen) atoms. The van der Waals surface area contributed by atoms with Gasteiger partial charge in [-0.25, -0.2) is 4.98 Å². The maximum Gasteiger partial charge on any atom is 0.119 e.